The van der Waals surface area contributed by atoms with Gasteiger partial charge in [-0.15, -0.1) is 0 Å². The summed E-state index contributed by atoms with van der Waals surface area (Å²) in [6, 6.07) is 11.5. The van der Waals surface area contributed by atoms with Crippen LogP contribution in [0.3, 0.4) is 0 Å². The smallest absolute Gasteiger partial charge is 0.254 e. The van der Waals surface area contributed by atoms with Gasteiger partial charge in [0.2, 0.25) is 0 Å². The number of hydrogen-bond acceptors (Lipinski definition) is 2. The highest BCUT2D eigenvalue weighted by Gasteiger charge is 2.11. The molecular formula is C14H12BrFN2O. The molecule has 0 saturated carbocycles. The molecular weight excluding hydrogens is 311 g/mol. The molecule has 0 aliphatic heterocycles. The van der Waals surface area contributed by atoms with Gasteiger partial charge in [0.1, 0.15) is 5.82 Å². The molecule has 0 aromatic heterocycles. The SMILES string of the molecule is Nc1ccccc1CNC(=O)c1ccc(Br)cc1F. The minimum atomic E-state index is -0.562. The first-order valence-corrected chi connectivity index (χ1v) is 6.44. The van der Waals surface area contributed by atoms with Gasteiger partial charge in [0.05, 0.1) is 5.56 Å². The second kappa shape index (κ2) is 5.84. The average Bonchev–Trinajstić information content (AvgIpc) is 2.37. The van der Waals surface area contributed by atoms with Crippen LogP contribution >= 0.6 is 15.9 Å². The Balaban J connectivity index is 2.08. The lowest BCUT2D eigenvalue weighted by molar-refractivity contribution is 0.0947. The number of nitrogens with two attached hydrogens (primary N) is 1. The van der Waals surface area contributed by atoms with Crippen molar-refractivity contribution in [3.05, 3.63) is 63.9 Å². The van der Waals surface area contributed by atoms with Gasteiger partial charge in [0.25, 0.3) is 5.91 Å². The Bertz CT molecular complexity index is 616. The number of halogens is 2. The molecule has 2 rings (SSSR count). The minimum absolute atomic E-state index is 0.0118. The lowest BCUT2D eigenvalue weighted by Crippen LogP contribution is -2.24. The first kappa shape index (κ1) is 13.5. The van der Waals surface area contributed by atoms with Crippen molar-refractivity contribution in [1.82, 2.24) is 5.32 Å². The van der Waals surface area contributed by atoms with E-state index in [0.717, 1.165) is 5.56 Å². The van der Waals surface area contributed by atoms with Crippen molar-refractivity contribution in [3.63, 3.8) is 0 Å². The maximum atomic E-state index is 13.6. The van der Waals surface area contributed by atoms with Crippen molar-refractivity contribution in [2.75, 3.05) is 5.73 Å². The van der Waals surface area contributed by atoms with Gasteiger partial charge in [-0.2, -0.15) is 0 Å². The molecule has 0 aliphatic carbocycles. The van der Waals surface area contributed by atoms with Crippen LogP contribution < -0.4 is 11.1 Å². The molecule has 0 heterocycles. The highest BCUT2D eigenvalue weighted by molar-refractivity contribution is 9.10. The summed E-state index contributed by atoms with van der Waals surface area (Å²) in [5.41, 5.74) is 7.17. The molecule has 0 radical (unpaired) electrons. The largest absolute Gasteiger partial charge is 0.398 e. The van der Waals surface area contributed by atoms with Crippen LogP contribution in [0.15, 0.2) is 46.9 Å². The third-order valence-corrected chi connectivity index (χ3v) is 3.16. The fourth-order valence-corrected chi connectivity index (χ4v) is 1.97. The Kier molecular flexibility index (Phi) is 4.16. The van der Waals surface area contributed by atoms with E-state index in [4.69, 9.17) is 5.73 Å². The molecule has 0 fully saturated rings. The molecule has 19 heavy (non-hydrogen) atoms. The van der Waals surface area contributed by atoms with Gasteiger partial charge in [-0.25, -0.2) is 4.39 Å². The highest BCUT2D eigenvalue weighted by Crippen LogP contribution is 2.16. The molecule has 3 N–H and O–H groups in total. The van der Waals surface area contributed by atoms with E-state index in [1.807, 2.05) is 18.2 Å². The molecule has 2 aromatic carbocycles. The number of nitrogen functional groups attached to an aromatic ring is 1. The predicted octanol–water partition coefficient (Wildman–Crippen LogP) is 3.10. The van der Waals surface area contributed by atoms with Gasteiger partial charge >= 0.3 is 0 Å². The van der Waals surface area contributed by atoms with Gasteiger partial charge in [0.15, 0.2) is 0 Å². The van der Waals surface area contributed by atoms with Crippen LogP contribution in [0.4, 0.5) is 10.1 Å². The molecule has 0 unspecified atom stereocenters. The highest BCUT2D eigenvalue weighted by atomic mass is 79.9. The zero-order valence-electron chi connectivity index (χ0n) is 9.99. The zero-order valence-corrected chi connectivity index (χ0v) is 11.6. The Hall–Kier alpha value is -1.88. The molecule has 0 spiro atoms. The summed E-state index contributed by atoms with van der Waals surface area (Å²) in [4.78, 5) is 11.9. The standard InChI is InChI=1S/C14H12BrFN2O/c15-10-5-6-11(12(16)7-10)14(19)18-8-9-3-1-2-4-13(9)17/h1-7H,8,17H2,(H,18,19). The molecule has 3 nitrogen and oxygen atoms in total. The topological polar surface area (TPSA) is 55.1 Å². The van der Waals surface area contributed by atoms with E-state index in [0.29, 0.717) is 10.2 Å². The number of carbonyl (C=O) groups is 1. The number of para-hydroxylation sites is 1. The van der Waals surface area contributed by atoms with Crippen molar-refractivity contribution in [3.8, 4) is 0 Å². The van der Waals surface area contributed by atoms with Crippen molar-refractivity contribution in [1.29, 1.82) is 0 Å². The van der Waals surface area contributed by atoms with E-state index < -0.39 is 11.7 Å². The lowest BCUT2D eigenvalue weighted by Gasteiger charge is -2.08. The number of anilines is 1. The number of rotatable bonds is 3. The van der Waals surface area contributed by atoms with Crippen LogP contribution in [0.2, 0.25) is 0 Å². The second-order valence-electron chi connectivity index (χ2n) is 4.01. The summed E-state index contributed by atoms with van der Waals surface area (Å²) in [5.74, 6) is -1.03. The molecule has 2 aromatic rings. The molecule has 0 atom stereocenters. The summed E-state index contributed by atoms with van der Waals surface area (Å²) in [6.07, 6.45) is 0. The maximum Gasteiger partial charge on any atom is 0.254 e. The van der Waals surface area contributed by atoms with Gasteiger partial charge < -0.3 is 11.1 Å². The molecule has 5 heteroatoms. The Morgan fingerprint density at radius 2 is 2.00 bits per heavy atom. The lowest BCUT2D eigenvalue weighted by atomic mass is 10.1. The van der Waals surface area contributed by atoms with Crippen molar-refractivity contribution in [2.24, 2.45) is 0 Å². The van der Waals surface area contributed by atoms with Crippen LogP contribution in [0.1, 0.15) is 15.9 Å². The summed E-state index contributed by atoms with van der Waals surface area (Å²) in [5, 5.41) is 2.64. The van der Waals surface area contributed by atoms with Crippen LogP contribution in [0.25, 0.3) is 0 Å². The van der Waals surface area contributed by atoms with Crippen LogP contribution in [0, 0.1) is 5.82 Å². The van der Waals surface area contributed by atoms with E-state index in [1.165, 1.54) is 12.1 Å². The fourth-order valence-electron chi connectivity index (χ4n) is 1.64. The normalized spacial score (nSPS) is 10.2. The van der Waals surface area contributed by atoms with E-state index in [9.17, 15) is 9.18 Å². The zero-order chi connectivity index (χ0) is 13.8. The number of carbonyl (C=O) groups excluding carboxylic acids is 1. The van der Waals surface area contributed by atoms with E-state index in [2.05, 4.69) is 21.2 Å². The number of benzene rings is 2. The third kappa shape index (κ3) is 3.32. The molecule has 1 amide bonds. The molecule has 0 aliphatic rings. The van der Waals surface area contributed by atoms with Crippen molar-refractivity contribution < 1.29 is 9.18 Å². The number of hydrogen-bond donors (Lipinski definition) is 2. The quantitative estimate of drug-likeness (QED) is 0.853. The van der Waals surface area contributed by atoms with Gasteiger partial charge in [-0.05, 0) is 29.8 Å². The number of amides is 1. The summed E-state index contributed by atoms with van der Waals surface area (Å²) in [7, 11) is 0. The summed E-state index contributed by atoms with van der Waals surface area (Å²) in [6.45, 7) is 0.265. The maximum absolute atomic E-state index is 13.6. The first-order chi connectivity index (χ1) is 9.08. The average molecular weight is 323 g/mol. The molecule has 98 valence electrons. The van der Waals surface area contributed by atoms with E-state index >= 15 is 0 Å². The monoisotopic (exact) mass is 322 g/mol. The minimum Gasteiger partial charge on any atom is -0.398 e. The van der Waals surface area contributed by atoms with Crippen LogP contribution in [0.5, 0.6) is 0 Å². The molecule has 0 bridgehead atoms. The Morgan fingerprint density at radius 1 is 1.26 bits per heavy atom. The Labute approximate surface area is 118 Å². The second-order valence-corrected chi connectivity index (χ2v) is 4.92. The van der Waals surface area contributed by atoms with Gasteiger partial charge in [-0.3, -0.25) is 4.79 Å². The van der Waals surface area contributed by atoms with Crippen molar-refractivity contribution in [2.45, 2.75) is 6.54 Å². The van der Waals surface area contributed by atoms with E-state index in [1.54, 1.807) is 12.1 Å². The van der Waals surface area contributed by atoms with Crippen molar-refractivity contribution >= 4 is 27.5 Å². The number of nitrogens with one attached hydrogen (secondary N) is 1. The summed E-state index contributed by atoms with van der Waals surface area (Å²) < 4.78 is 14.2. The predicted molar refractivity (Wildman–Crippen MR) is 76.1 cm³/mol. The first-order valence-electron chi connectivity index (χ1n) is 5.64. The summed E-state index contributed by atoms with van der Waals surface area (Å²) >= 11 is 3.14. The Morgan fingerprint density at radius 3 is 2.68 bits per heavy atom. The van der Waals surface area contributed by atoms with Gasteiger partial charge in [-0.1, -0.05) is 34.1 Å². The fraction of sp³-hybridized carbons (Fsp3) is 0.0714. The third-order valence-electron chi connectivity index (χ3n) is 2.67. The van der Waals surface area contributed by atoms with E-state index in [-0.39, 0.29) is 12.1 Å². The van der Waals surface area contributed by atoms with Crippen LogP contribution in [-0.4, -0.2) is 5.91 Å². The van der Waals surface area contributed by atoms with Crippen LogP contribution in [-0.2, 0) is 6.54 Å². The van der Waals surface area contributed by atoms with Gasteiger partial charge in [0, 0.05) is 16.7 Å². The molecule has 0 saturated heterocycles.